The number of rotatable bonds is 4. The first-order valence-electron chi connectivity index (χ1n) is 9.10. The summed E-state index contributed by atoms with van der Waals surface area (Å²) in [7, 11) is 3.59. The lowest BCUT2D eigenvalue weighted by Gasteiger charge is -2.34. The molecule has 2 aromatic rings. The molecular formula is C18H25N5O3. The third-order valence-electron chi connectivity index (χ3n) is 5.08. The van der Waals surface area contributed by atoms with Crippen LogP contribution in [0.25, 0.3) is 0 Å². The lowest BCUT2D eigenvalue weighted by atomic mass is 9.99. The predicted molar refractivity (Wildman–Crippen MR) is 95.5 cm³/mol. The molecule has 2 saturated heterocycles. The molecule has 0 amide bonds. The Morgan fingerprint density at radius 1 is 1.19 bits per heavy atom. The number of methoxy groups -OCH3 is 1. The smallest absolute Gasteiger partial charge is 0.218 e. The van der Waals surface area contributed by atoms with E-state index >= 15 is 0 Å². The molecule has 2 aromatic heterocycles. The molecule has 2 aliphatic heterocycles. The van der Waals surface area contributed by atoms with Crippen LogP contribution in [0.2, 0.25) is 0 Å². The van der Waals surface area contributed by atoms with Crippen molar-refractivity contribution in [1.82, 2.24) is 19.7 Å². The van der Waals surface area contributed by atoms with E-state index < -0.39 is 0 Å². The van der Waals surface area contributed by atoms with Crippen LogP contribution >= 0.6 is 0 Å². The van der Waals surface area contributed by atoms with Crippen molar-refractivity contribution in [3.05, 3.63) is 29.8 Å². The summed E-state index contributed by atoms with van der Waals surface area (Å²) in [5.74, 6) is 2.69. The monoisotopic (exact) mass is 359 g/mol. The van der Waals surface area contributed by atoms with Gasteiger partial charge in [-0.2, -0.15) is 10.1 Å². The first-order valence-corrected chi connectivity index (χ1v) is 9.10. The molecule has 1 atom stereocenters. The van der Waals surface area contributed by atoms with Gasteiger partial charge in [-0.05, 0) is 18.9 Å². The van der Waals surface area contributed by atoms with E-state index in [0.717, 1.165) is 56.5 Å². The zero-order valence-electron chi connectivity index (χ0n) is 15.3. The number of nitrogens with zero attached hydrogens (tertiary/aromatic N) is 5. The molecule has 0 aromatic carbocycles. The minimum atomic E-state index is -0.0243. The Labute approximate surface area is 153 Å². The van der Waals surface area contributed by atoms with Gasteiger partial charge in [0.2, 0.25) is 5.88 Å². The fraction of sp³-hybridized carbons (Fsp3) is 0.611. The Bertz CT molecular complexity index is 744. The first-order chi connectivity index (χ1) is 12.7. The maximum absolute atomic E-state index is 5.96. The first kappa shape index (κ1) is 17.2. The summed E-state index contributed by atoms with van der Waals surface area (Å²) in [6, 6.07) is 3.91. The Balaban J connectivity index is 1.58. The van der Waals surface area contributed by atoms with Crippen molar-refractivity contribution < 1.29 is 14.2 Å². The van der Waals surface area contributed by atoms with Crippen LogP contribution in [0.4, 0.5) is 5.82 Å². The molecular weight excluding hydrogens is 334 g/mol. The summed E-state index contributed by atoms with van der Waals surface area (Å²) < 4.78 is 18.7. The molecule has 1 unspecified atom stereocenters. The topological polar surface area (TPSA) is 74.5 Å². The molecule has 0 saturated carbocycles. The van der Waals surface area contributed by atoms with Crippen LogP contribution < -0.4 is 9.64 Å². The van der Waals surface area contributed by atoms with E-state index in [9.17, 15) is 0 Å². The minimum absolute atomic E-state index is 0.0243. The molecule has 8 nitrogen and oxygen atoms in total. The molecule has 26 heavy (non-hydrogen) atoms. The van der Waals surface area contributed by atoms with Gasteiger partial charge in [0.15, 0.2) is 0 Å². The second-order valence-corrected chi connectivity index (χ2v) is 6.70. The van der Waals surface area contributed by atoms with Crippen LogP contribution in [-0.2, 0) is 16.5 Å². The van der Waals surface area contributed by atoms with Crippen LogP contribution in [-0.4, -0.2) is 59.8 Å². The average Bonchev–Trinajstić information content (AvgIpc) is 3.14. The van der Waals surface area contributed by atoms with E-state index in [-0.39, 0.29) is 6.10 Å². The summed E-state index contributed by atoms with van der Waals surface area (Å²) in [5.41, 5.74) is 1.07. The van der Waals surface area contributed by atoms with Crippen LogP contribution in [0.1, 0.15) is 36.4 Å². The van der Waals surface area contributed by atoms with Crippen molar-refractivity contribution in [3.8, 4) is 5.88 Å². The van der Waals surface area contributed by atoms with Gasteiger partial charge in [0.25, 0.3) is 0 Å². The quantitative estimate of drug-likeness (QED) is 0.822. The summed E-state index contributed by atoms with van der Waals surface area (Å²) in [6.45, 7) is 3.70. The molecule has 0 spiro atoms. The van der Waals surface area contributed by atoms with Gasteiger partial charge in [-0.3, -0.25) is 4.68 Å². The highest BCUT2D eigenvalue weighted by atomic mass is 16.5. The SMILES string of the molecule is COc1cc(N2CCOC(c3ccnn3C)C2)nc(C2CCOCC2)n1. The van der Waals surface area contributed by atoms with E-state index in [0.29, 0.717) is 18.4 Å². The van der Waals surface area contributed by atoms with Crippen molar-refractivity contribution in [2.75, 3.05) is 44.9 Å². The molecule has 4 heterocycles. The van der Waals surface area contributed by atoms with E-state index in [1.165, 1.54) is 0 Å². The van der Waals surface area contributed by atoms with Crippen molar-refractivity contribution in [2.45, 2.75) is 24.9 Å². The molecule has 0 radical (unpaired) electrons. The summed E-state index contributed by atoms with van der Waals surface area (Å²) >= 11 is 0. The fourth-order valence-electron chi connectivity index (χ4n) is 3.57. The van der Waals surface area contributed by atoms with E-state index in [1.54, 1.807) is 13.3 Å². The molecule has 0 aliphatic carbocycles. The minimum Gasteiger partial charge on any atom is -0.481 e. The van der Waals surface area contributed by atoms with Gasteiger partial charge >= 0.3 is 0 Å². The molecule has 8 heteroatoms. The second-order valence-electron chi connectivity index (χ2n) is 6.70. The van der Waals surface area contributed by atoms with Gasteiger partial charge in [0.05, 0.1) is 26.0 Å². The highest BCUT2D eigenvalue weighted by Gasteiger charge is 2.27. The van der Waals surface area contributed by atoms with Crippen LogP contribution in [0, 0.1) is 0 Å². The molecule has 2 aliphatic rings. The Hall–Kier alpha value is -2.19. The third-order valence-corrected chi connectivity index (χ3v) is 5.08. The number of hydrogen-bond acceptors (Lipinski definition) is 7. The third kappa shape index (κ3) is 3.52. The Morgan fingerprint density at radius 2 is 2.04 bits per heavy atom. The summed E-state index contributed by atoms with van der Waals surface area (Å²) in [4.78, 5) is 11.7. The van der Waals surface area contributed by atoms with Gasteiger partial charge < -0.3 is 19.1 Å². The number of ether oxygens (including phenoxy) is 3. The number of anilines is 1. The van der Waals surface area contributed by atoms with Crippen molar-refractivity contribution >= 4 is 5.82 Å². The normalized spacial score (nSPS) is 21.8. The zero-order valence-corrected chi connectivity index (χ0v) is 15.3. The largest absolute Gasteiger partial charge is 0.481 e. The Morgan fingerprint density at radius 3 is 2.77 bits per heavy atom. The second kappa shape index (κ2) is 7.59. The predicted octanol–water partition coefficient (Wildman–Crippen LogP) is 1.69. The lowest BCUT2D eigenvalue weighted by molar-refractivity contribution is 0.0343. The number of aryl methyl sites for hydroxylation is 1. The van der Waals surface area contributed by atoms with E-state index in [1.807, 2.05) is 23.9 Å². The molecule has 0 N–H and O–H groups in total. The molecule has 2 fully saturated rings. The average molecular weight is 359 g/mol. The fourth-order valence-corrected chi connectivity index (χ4v) is 3.57. The molecule has 0 bridgehead atoms. The Kier molecular flexibility index (Phi) is 5.03. The maximum atomic E-state index is 5.96. The van der Waals surface area contributed by atoms with E-state index in [2.05, 4.69) is 15.0 Å². The summed E-state index contributed by atoms with van der Waals surface area (Å²) in [6.07, 6.45) is 3.68. The van der Waals surface area contributed by atoms with Gasteiger partial charge in [-0.1, -0.05) is 0 Å². The standard InChI is InChI=1S/C18H25N5O3/c1-22-14(3-6-19-22)15-12-23(7-10-26-15)16-11-17(24-2)21-18(20-16)13-4-8-25-9-5-13/h3,6,11,13,15H,4-5,7-10,12H2,1-2H3. The van der Waals surface area contributed by atoms with Gasteiger partial charge in [0.1, 0.15) is 17.7 Å². The molecule has 140 valence electrons. The summed E-state index contributed by atoms with van der Waals surface area (Å²) in [5, 5.41) is 4.25. The number of hydrogen-bond donors (Lipinski definition) is 0. The molecule has 4 rings (SSSR count). The van der Waals surface area contributed by atoms with Crippen molar-refractivity contribution in [2.24, 2.45) is 7.05 Å². The van der Waals surface area contributed by atoms with Gasteiger partial charge in [0, 0.05) is 45.0 Å². The highest BCUT2D eigenvalue weighted by Crippen LogP contribution is 2.30. The van der Waals surface area contributed by atoms with E-state index in [4.69, 9.17) is 19.2 Å². The van der Waals surface area contributed by atoms with Gasteiger partial charge in [-0.25, -0.2) is 4.98 Å². The highest BCUT2D eigenvalue weighted by molar-refractivity contribution is 5.43. The van der Waals surface area contributed by atoms with Crippen LogP contribution in [0.15, 0.2) is 18.3 Å². The van der Waals surface area contributed by atoms with Crippen LogP contribution in [0.3, 0.4) is 0 Å². The maximum Gasteiger partial charge on any atom is 0.218 e. The number of morpholine rings is 1. The lowest BCUT2D eigenvalue weighted by Crippen LogP contribution is -2.39. The van der Waals surface area contributed by atoms with Crippen molar-refractivity contribution in [1.29, 1.82) is 0 Å². The number of aromatic nitrogens is 4. The van der Waals surface area contributed by atoms with Gasteiger partial charge in [-0.15, -0.1) is 0 Å². The van der Waals surface area contributed by atoms with Crippen molar-refractivity contribution in [3.63, 3.8) is 0 Å². The van der Waals surface area contributed by atoms with Crippen LogP contribution in [0.5, 0.6) is 5.88 Å². The zero-order chi connectivity index (χ0) is 17.9.